The van der Waals surface area contributed by atoms with Gasteiger partial charge in [0.05, 0.1) is 5.76 Å². The van der Waals surface area contributed by atoms with Gasteiger partial charge in [0.1, 0.15) is 0 Å². The van der Waals surface area contributed by atoms with Gasteiger partial charge in [-0.2, -0.15) is 0 Å². The van der Waals surface area contributed by atoms with Gasteiger partial charge in [-0.1, -0.05) is 6.08 Å². The molecule has 0 heterocycles. The fraction of sp³-hybridized carbons (Fsp3) is 0.692. The molecule has 0 fully saturated rings. The van der Waals surface area contributed by atoms with E-state index in [9.17, 15) is 0 Å². The normalized spacial score (nSPS) is 17.8. The zero-order chi connectivity index (χ0) is 11.3. The average Bonchev–Trinajstić information content (AvgIpc) is 2.14. The summed E-state index contributed by atoms with van der Waals surface area (Å²) in [5, 5.41) is 0. The third-order valence-corrected chi connectivity index (χ3v) is 3.47. The molecule has 0 amide bonds. The minimum absolute atomic E-state index is 1.09. The van der Waals surface area contributed by atoms with Crippen LogP contribution < -0.4 is 0 Å². The highest BCUT2D eigenvalue weighted by Crippen LogP contribution is 2.30. The van der Waals surface area contributed by atoms with E-state index >= 15 is 0 Å². The molecule has 1 rings (SSSR count). The van der Waals surface area contributed by atoms with Gasteiger partial charge in [-0.3, -0.25) is 0 Å². The van der Waals surface area contributed by atoms with Crippen LogP contribution in [0.5, 0.6) is 0 Å². The first-order chi connectivity index (χ1) is 7.03. The van der Waals surface area contributed by atoms with Crippen molar-refractivity contribution >= 4 is 8.32 Å². The van der Waals surface area contributed by atoms with Crippen LogP contribution in [-0.4, -0.2) is 8.32 Å². The van der Waals surface area contributed by atoms with Gasteiger partial charge in [0.15, 0.2) is 0 Å². The number of allylic oxidation sites excluding steroid dienone is 3. The van der Waals surface area contributed by atoms with E-state index in [0.29, 0.717) is 0 Å². The van der Waals surface area contributed by atoms with Crippen LogP contribution >= 0.6 is 0 Å². The molecule has 0 unspecified atom stereocenters. The van der Waals surface area contributed by atoms with Crippen molar-refractivity contribution in [3.63, 3.8) is 0 Å². The van der Waals surface area contributed by atoms with Gasteiger partial charge < -0.3 is 4.43 Å². The summed E-state index contributed by atoms with van der Waals surface area (Å²) < 4.78 is 6.17. The topological polar surface area (TPSA) is 9.23 Å². The van der Waals surface area contributed by atoms with Crippen LogP contribution in [0.25, 0.3) is 0 Å². The second-order valence-electron chi connectivity index (χ2n) is 5.28. The molecule has 0 bridgehead atoms. The van der Waals surface area contributed by atoms with Gasteiger partial charge in [0.25, 0.3) is 0 Å². The Morgan fingerprint density at radius 3 is 2.53 bits per heavy atom. The third kappa shape index (κ3) is 4.69. The summed E-state index contributed by atoms with van der Waals surface area (Å²) in [4.78, 5) is 0. The Labute approximate surface area is 95.4 Å². The summed E-state index contributed by atoms with van der Waals surface area (Å²) in [6.07, 6.45) is 9.30. The van der Waals surface area contributed by atoms with Crippen LogP contribution in [0.2, 0.25) is 19.6 Å². The van der Waals surface area contributed by atoms with Crippen molar-refractivity contribution in [1.29, 1.82) is 0 Å². The van der Waals surface area contributed by atoms with Crippen LogP contribution in [0.3, 0.4) is 0 Å². The van der Waals surface area contributed by atoms with E-state index in [4.69, 9.17) is 4.43 Å². The Balaban J connectivity index is 2.67. The van der Waals surface area contributed by atoms with Crippen LogP contribution in [-0.2, 0) is 4.43 Å². The smallest absolute Gasteiger partial charge is 0.241 e. The second-order valence-corrected chi connectivity index (χ2v) is 9.70. The summed E-state index contributed by atoms with van der Waals surface area (Å²) in [6, 6.07) is 0. The lowest BCUT2D eigenvalue weighted by Gasteiger charge is -2.27. The lowest BCUT2D eigenvalue weighted by atomic mass is 9.94. The SMILES string of the molecule is C=CCCC1=C(O[Si](C)(C)C)CCCC1. The zero-order valence-electron chi connectivity index (χ0n) is 10.4. The molecule has 0 aromatic heterocycles. The van der Waals surface area contributed by atoms with Crippen LogP contribution in [0.4, 0.5) is 0 Å². The minimum atomic E-state index is -1.41. The Morgan fingerprint density at radius 1 is 1.27 bits per heavy atom. The van der Waals surface area contributed by atoms with Crippen molar-refractivity contribution < 1.29 is 4.43 Å². The molecule has 15 heavy (non-hydrogen) atoms. The van der Waals surface area contributed by atoms with E-state index in [1.54, 1.807) is 5.57 Å². The quantitative estimate of drug-likeness (QED) is 0.488. The predicted octanol–water partition coefficient (Wildman–Crippen LogP) is 4.63. The van der Waals surface area contributed by atoms with Crippen LogP contribution in [0, 0.1) is 0 Å². The van der Waals surface area contributed by atoms with Crippen molar-refractivity contribution in [1.82, 2.24) is 0 Å². The molecule has 1 nitrogen and oxygen atoms in total. The Bertz CT molecular complexity index is 248. The van der Waals surface area contributed by atoms with Crippen molar-refractivity contribution in [2.45, 2.75) is 58.2 Å². The number of rotatable bonds is 5. The summed E-state index contributed by atoms with van der Waals surface area (Å²) in [5.41, 5.74) is 1.56. The molecular weight excluding hydrogens is 200 g/mol. The van der Waals surface area contributed by atoms with Crippen molar-refractivity contribution in [3.05, 3.63) is 24.0 Å². The predicted molar refractivity (Wildman–Crippen MR) is 69.4 cm³/mol. The summed E-state index contributed by atoms with van der Waals surface area (Å²) in [7, 11) is -1.41. The maximum Gasteiger partial charge on any atom is 0.241 e. The second kappa shape index (κ2) is 5.55. The maximum atomic E-state index is 6.17. The standard InChI is InChI=1S/C13H24OSi/c1-5-6-9-12-10-7-8-11-13(12)14-15(2,3)4/h5H,1,6-11H2,2-4H3. The Morgan fingerprint density at radius 2 is 1.93 bits per heavy atom. The summed E-state index contributed by atoms with van der Waals surface area (Å²) >= 11 is 0. The Kier molecular flexibility index (Phi) is 4.65. The molecule has 1 aliphatic carbocycles. The van der Waals surface area contributed by atoms with Gasteiger partial charge in [0, 0.05) is 6.42 Å². The number of hydrogen-bond donors (Lipinski definition) is 0. The van der Waals surface area contributed by atoms with Crippen LogP contribution in [0.15, 0.2) is 24.0 Å². The highest BCUT2D eigenvalue weighted by Gasteiger charge is 2.21. The van der Waals surface area contributed by atoms with Gasteiger partial charge in [0.2, 0.25) is 8.32 Å². The maximum absolute atomic E-state index is 6.17. The lowest BCUT2D eigenvalue weighted by Crippen LogP contribution is -2.26. The van der Waals surface area contributed by atoms with Crippen LogP contribution in [0.1, 0.15) is 38.5 Å². The molecular formula is C13H24OSi. The largest absolute Gasteiger partial charge is 0.547 e. The van der Waals surface area contributed by atoms with E-state index < -0.39 is 8.32 Å². The van der Waals surface area contributed by atoms with E-state index in [0.717, 1.165) is 19.3 Å². The number of hydrogen-bond acceptors (Lipinski definition) is 1. The van der Waals surface area contributed by atoms with E-state index in [1.165, 1.54) is 25.0 Å². The first-order valence-corrected chi connectivity index (χ1v) is 9.44. The fourth-order valence-electron chi connectivity index (χ4n) is 1.97. The summed E-state index contributed by atoms with van der Waals surface area (Å²) in [5.74, 6) is 1.32. The molecule has 0 spiro atoms. The van der Waals surface area contributed by atoms with E-state index in [-0.39, 0.29) is 0 Å². The molecule has 1 aliphatic rings. The zero-order valence-corrected chi connectivity index (χ0v) is 11.4. The molecule has 0 radical (unpaired) electrons. The van der Waals surface area contributed by atoms with Crippen molar-refractivity contribution in [3.8, 4) is 0 Å². The average molecular weight is 224 g/mol. The molecule has 0 aromatic carbocycles. The highest BCUT2D eigenvalue weighted by molar-refractivity contribution is 6.70. The minimum Gasteiger partial charge on any atom is -0.547 e. The van der Waals surface area contributed by atoms with Gasteiger partial charge in [-0.15, -0.1) is 6.58 Å². The lowest BCUT2D eigenvalue weighted by molar-refractivity contribution is 0.366. The summed E-state index contributed by atoms with van der Waals surface area (Å²) in [6.45, 7) is 10.6. The third-order valence-electron chi connectivity index (χ3n) is 2.61. The monoisotopic (exact) mass is 224 g/mol. The highest BCUT2D eigenvalue weighted by atomic mass is 28.4. The molecule has 0 aromatic rings. The Hall–Kier alpha value is -0.503. The fourth-order valence-corrected chi connectivity index (χ4v) is 2.96. The molecule has 86 valence electrons. The molecule has 0 atom stereocenters. The van der Waals surface area contributed by atoms with Gasteiger partial charge in [-0.05, 0) is 57.3 Å². The van der Waals surface area contributed by atoms with Gasteiger partial charge >= 0.3 is 0 Å². The van der Waals surface area contributed by atoms with E-state index in [2.05, 4.69) is 26.2 Å². The molecule has 0 saturated heterocycles. The van der Waals surface area contributed by atoms with Gasteiger partial charge in [-0.25, -0.2) is 0 Å². The molecule has 0 saturated carbocycles. The first kappa shape index (κ1) is 12.6. The molecule has 0 aliphatic heterocycles. The van der Waals surface area contributed by atoms with Crippen molar-refractivity contribution in [2.24, 2.45) is 0 Å². The molecule has 0 N–H and O–H groups in total. The van der Waals surface area contributed by atoms with E-state index in [1.807, 2.05) is 6.08 Å². The van der Waals surface area contributed by atoms with Crippen molar-refractivity contribution in [2.75, 3.05) is 0 Å². The first-order valence-electron chi connectivity index (χ1n) is 6.04. The molecule has 2 heteroatoms.